The molecule has 0 amide bonds. The van der Waals surface area contributed by atoms with E-state index in [0.29, 0.717) is 0 Å². The molecule has 0 saturated heterocycles. The Hall–Kier alpha value is -1.80. The molecule has 2 rings (SSSR count). The van der Waals surface area contributed by atoms with Crippen molar-refractivity contribution in [3.8, 4) is 0 Å². The number of nitrogens with one attached hydrogen (secondary N) is 1. The van der Waals surface area contributed by atoms with Crippen LogP contribution in [0.1, 0.15) is 0 Å². The molecule has 0 unspecified atom stereocenters. The molecule has 0 radical (unpaired) electrons. The van der Waals surface area contributed by atoms with Gasteiger partial charge in [0.1, 0.15) is 10.0 Å². The van der Waals surface area contributed by atoms with Crippen LogP contribution in [-0.2, 0) is 10.0 Å². The number of nitrogens with zero attached hydrogens (tertiary/aromatic N) is 4. The number of hydrogen-bond donors (Lipinski definition) is 1. The third-order valence-electron chi connectivity index (χ3n) is 1.72. The molecule has 0 bridgehead atoms. The fourth-order valence-electron chi connectivity index (χ4n) is 0.995. The van der Waals surface area contributed by atoms with E-state index in [4.69, 9.17) is 11.6 Å². The fourth-order valence-corrected chi connectivity index (χ4v) is 2.00. The number of sulfonamides is 1. The Morgan fingerprint density at radius 1 is 1.18 bits per heavy atom. The summed E-state index contributed by atoms with van der Waals surface area (Å²) in [5.41, 5.74) is 0. The zero-order valence-corrected chi connectivity index (χ0v) is 9.85. The summed E-state index contributed by atoms with van der Waals surface area (Å²) in [5, 5.41) is 7.22. The molecule has 0 aliphatic heterocycles. The molecule has 17 heavy (non-hydrogen) atoms. The smallest absolute Gasteiger partial charge is 0.246 e. The van der Waals surface area contributed by atoms with E-state index in [1.54, 1.807) is 0 Å². The number of anilines is 1. The van der Waals surface area contributed by atoms with E-state index in [1.165, 1.54) is 24.5 Å². The molecule has 0 fully saturated rings. The van der Waals surface area contributed by atoms with E-state index >= 15 is 0 Å². The number of rotatable bonds is 3. The van der Waals surface area contributed by atoms with E-state index in [1.807, 2.05) is 0 Å². The van der Waals surface area contributed by atoms with Crippen molar-refractivity contribution in [3.63, 3.8) is 0 Å². The van der Waals surface area contributed by atoms with E-state index in [0.717, 1.165) is 6.20 Å². The lowest BCUT2D eigenvalue weighted by molar-refractivity contribution is 0.600. The summed E-state index contributed by atoms with van der Waals surface area (Å²) in [4.78, 5) is 7.34. The Labute approximate surface area is 102 Å². The molecule has 0 aromatic carbocycles. The van der Waals surface area contributed by atoms with Gasteiger partial charge in [0.05, 0.1) is 12.4 Å². The topological polar surface area (TPSA) is 97.7 Å². The van der Waals surface area contributed by atoms with Gasteiger partial charge in [-0.3, -0.25) is 0 Å². The van der Waals surface area contributed by atoms with Crippen LogP contribution in [0, 0.1) is 0 Å². The van der Waals surface area contributed by atoms with Crippen LogP contribution in [0.25, 0.3) is 0 Å². The molecule has 9 heteroatoms. The number of halogens is 1. The van der Waals surface area contributed by atoms with Crippen LogP contribution in [0.2, 0.25) is 5.15 Å². The highest BCUT2D eigenvalue weighted by Gasteiger charge is 2.15. The second kappa shape index (κ2) is 4.60. The maximum Gasteiger partial charge on any atom is 0.265 e. The molecule has 2 heterocycles. The van der Waals surface area contributed by atoms with Gasteiger partial charge in [0.25, 0.3) is 16.0 Å². The monoisotopic (exact) mass is 271 g/mol. The van der Waals surface area contributed by atoms with Crippen molar-refractivity contribution in [3.05, 3.63) is 35.9 Å². The van der Waals surface area contributed by atoms with Gasteiger partial charge < -0.3 is 0 Å². The highest BCUT2D eigenvalue weighted by atomic mass is 35.5. The summed E-state index contributed by atoms with van der Waals surface area (Å²) < 4.78 is 25.8. The second-order valence-corrected chi connectivity index (χ2v) is 4.96. The highest BCUT2D eigenvalue weighted by Crippen LogP contribution is 2.13. The van der Waals surface area contributed by atoms with Crippen LogP contribution in [0.15, 0.2) is 35.6 Å². The van der Waals surface area contributed by atoms with Gasteiger partial charge in [-0.25, -0.2) is 23.1 Å². The molecule has 2 aromatic rings. The number of pyridine rings is 1. The third-order valence-corrected chi connectivity index (χ3v) is 3.26. The van der Waals surface area contributed by atoms with E-state index in [-0.39, 0.29) is 16.0 Å². The van der Waals surface area contributed by atoms with Crippen LogP contribution in [0.3, 0.4) is 0 Å². The van der Waals surface area contributed by atoms with Gasteiger partial charge in [0.15, 0.2) is 0 Å². The Morgan fingerprint density at radius 3 is 2.59 bits per heavy atom. The minimum atomic E-state index is -3.77. The predicted molar refractivity (Wildman–Crippen MR) is 59.9 cm³/mol. The maximum absolute atomic E-state index is 11.8. The van der Waals surface area contributed by atoms with Crippen LogP contribution in [-0.4, -0.2) is 28.6 Å². The second-order valence-electron chi connectivity index (χ2n) is 2.89. The first-order chi connectivity index (χ1) is 8.08. The molecule has 0 saturated carbocycles. The molecule has 7 nitrogen and oxygen atoms in total. The largest absolute Gasteiger partial charge is 0.265 e. The quantitative estimate of drug-likeness (QED) is 0.826. The van der Waals surface area contributed by atoms with E-state index < -0.39 is 10.0 Å². The van der Waals surface area contributed by atoms with Crippen molar-refractivity contribution in [1.82, 2.24) is 20.2 Å². The molecule has 1 N–H and O–H groups in total. The van der Waals surface area contributed by atoms with Gasteiger partial charge in [-0.2, -0.15) is 5.10 Å². The van der Waals surface area contributed by atoms with Gasteiger partial charge in [-0.1, -0.05) is 11.6 Å². The zero-order chi connectivity index (χ0) is 12.3. The SMILES string of the molecule is O=S(=O)(Nc1nccnn1)c1ccc(Cl)nc1. The fraction of sp³-hybridized carbons (Fsp3) is 0. The zero-order valence-electron chi connectivity index (χ0n) is 8.28. The van der Waals surface area contributed by atoms with E-state index in [9.17, 15) is 8.42 Å². The van der Waals surface area contributed by atoms with Gasteiger partial charge in [0, 0.05) is 6.20 Å². The van der Waals surface area contributed by atoms with Crippen molar-refractivity contribution in [1.29, 1.82) is 0 Å². The molecule has 0 atom stereocenters. The summed E-state index contributed by atoms with van der Waals surface area (Å²) in [6.07, 6.45) is 3.80. The highest BCUT2D eigenvalue weighted by molar-refractivity contribution is 7.92. The van der Waals surface area contributed by atoms with Crippen molar-refractivity contribution >= 4 is 27.6 Å². The summed E-state index contributed by atoms with van der Waals surface area (Å²) in [7, 11) is -3.77. The summed E-state index contributed by atoms with van der Waals surface area (Å²) in [5.74, 6) is -0.109. The molecule has 0 aliphatic rings. The standard InChI is InChI=1S/C8H6ClN5O2S/c9-7-2-1-6(5-11-7)17(15,16)14-8-10-3-4-12-13-8/h1-5H,(H,10,13,14). The van der Waals surface area contributed by atoms with Crippen molar-refractivity contribution in [2.45, 2.75) is 4.90 Å². The Kier molecular flexibility index (Phi) is 3.16. The molecule has 0 spiro atoms. The summed E-state index contributed by atoms with van der Waals surface area (Å²) in [6.45, 7) is 0. The number of hydrogen-bond acceptors (Lipinski definition) is 6. The lowest BCUT2D eigenvalue weighted by Gasteiger charge is -2.04. The Bertz CT molecular complexity index is 602. The minimum Gasteiger partial charge on any atom is -0.246 e. The first kappa shape index (κ1) is 11.7. The molecule has 2 aromatic heterocycles. The predicted octanol–water partition coefficient (Wildman–Crippen LogP) is 0.721. The van der Waals surface area contributed by atoms with Gasteiger partial charge in [-0.15, -0.1) is 5.10 Å². The van der Waals surface area contributed by atoms with Crippen molar-refractivity contribution in [2.24, 2.45) is 0 Å². The van der Waals surface area contributed by atoms with Gasteiger partial charge >= 0.3 is 0 Å². The lowest BCUT2D eigenvalue weighted by Crippen LogP contribution is -2.15. The van der Waals surface area contributed by atoms with Gasteiger partial charge in [0.2, 0.25) is 0 Å². The van der Waals surface area contributed by atoms with Crippen LogP contribution >= 0.6 is 11.6 Å². The average Bonchev–Trinajstić information content (AvgIpc) is 2.30. The number of aromatic nitrogens is 4. The van der Waals surface area contributed by atoms with Crippen LogP contribution in [0.4, 0.5) is 5.95 Å². The summed E-state index contributed by atoms with van der Waals surface area (Å²) >= 11 is 5.56. The maximum atomic E-state index is 11.8. The van der Waals surface area contributed by atoms with Crippen molar-refractivity contribution < 1.29 is 8.42 Å². The van der Waals surface area contributed by atoms with Crippen LogP contribution < -0.4 is 4.72 Å². The Balaban J connectivity index is 2.29. The van der Waals surface area contributed by atoms with Crippen LogP contribution in [0.5, 0.6) is 0 Å². The molecular formula is C8H6ClN5O2S. The molecule has 88 valence electrons. The minimum absolute atomic E-state index is 0.0330. The Morgan fingerprint density at radius 2 is 2.00 bits per heavy atom. The molecule has 0 aliphatic carbocycles. The average molecular weight is 272 g/mol. The van der Waals surface area contributed by atoms with E-state index in [2.05, 4.69) is 24.9 Å². The molecular weight excluding hydrogens is 266 g/mol. The first-order valence-electron chi connectivity index (χ1n) is 4.36. The first-order valence-corrected chi connectivity index (χ1v) is 6.22. The third kappa shape index (κ3) is 2.86. The van der Waals surface area contributed by atoms with Gasteiger partial charge in [-0.05, 0) is 12.1 Å². The van der Waals surface area contributed by atoms with Crippen molar-refractivity contribution in [2.75, 3.05) is 4.72 Å². The summed E-state index contributed by atoms with van der Waals surface area (Å²) in [6, 6.07) is 2.70. The lowest BCUT2D eigenvalue weighted by atomic mass is 10.5. The normalized spacial score (nSPS) is 11.1.